The van der Waals surface area contributed by atoms with Gasteiger partial charge in [0.1, 0.15) is 5.75 Å². The second-order valence-corrected chi connectivity index (χ2v) is 7.44. The number of unbranched alkanes of at least 4 members (excludes halogenated alkanes) is 2. The fourth-order valence-electron chi connectivity index (χ4n) is 2.76. The van der Waals surface area contributed by atoms with Crippen molar-refractivity contribution in [2.24, 2.45) is 0 Å². The molecule has 0 unspecified atom stereocenters. The molecule has 0 spiro atoms. The summed E-state index contributed by atoms with van der Waals surface area (Å²) in [7, 11) is 0. The molecule has 0 amide bonds. The summed E-state index contributed by atoms with van der Waals surface area (Å²) in [6, 6.07) is 16.6. The maximum absolute atomic E-state index is 9.41. The Bertz CT molecular complexity index is 1030. The van der Waals surface area contributed by atoms with E-state index in [2.05, 4.69) is 30.9 Å². The molecule has 0 saturated heterocycles. The highest BCUT2D eigenvalue weighted by atomic mass is 32.2. The summed E-state index contributed by atoms with van der Waals surface area (Å²) in [5, 5.41) is 34.7. The summed E-state index contributed by atoms with van der Waals surface area (Å²) >= 11 is 1.61. The monoisotopic (exact) mass is 408 g/mol. The molecule has 29 heavy (non-hydrogen) atoms. The first-order valence-electron chi connectivity index (χ1n) is 9.33. The maximum atomic E-state index is 9.41. The lowest BCUT2D eigenvalue weighted by molar-refractivity contribution is 0.475. The van der Waals surface area contributed by atoms with E-state index in [1.807, 2.05) is 30.3 Å². The van der Waals surface area contributed by atoms with E-state index in [1.54, 1.807) is 45.5 Å². The van der Waals surface area contributed by atoms with Crippen LogP contribution in [0.2, 0.25) is 0 Å². The topological polar surface area (TPSA) is 107 Å². The first-order chi connectivity index (χ1) is 14.3. The predicted molar refractivity (Wildman–Crippen MR) is 109 cm³/mol. The van der Waals surface area contributed by atoms with Crippen molar-refractivity contribution in [3.63, 3.8) is 0 Å². The maximum Gasteiger partial charge on any atom is 0.214 e. The number of hydrogen-bond acceptors (Lipinski definition) is 8. The van der Waals surface area contributed by atoms with Crippen LogP contribution in [0.3, 0.4) is 0 Å². The number of tetrazole rings is 2. The zero-order valence-corrected chi connectivity index (χ0v) is 16.5. The van der Waals surface area contributed by atoms with Crippen LogP contribution in [-0.2, 0) is 6.54 Å². The molecular weight excluding hydrogens is 388 g/mol. The lowest BCUT2D eigenvalue weighted by atomic mass is 10.2. The van der Waals surface area contributed by atoms with Gasteiger partial charge >= 0.3 is 0 Å². The summed E-state index contributed by atoms with van der Waals surface area (Å²) in [6.45, 7) is 0.746. The largest absolute Gasteiger partial charge is 0.508 e. The molecule has 0 aliphatic heterocycles. The van der Waals surface area contributed by atoms with Crippen LogP contribution in [-0.4, -0.2) is 51.3 Å². The van der Waals surface area contributed by atoms with E-state index < -0.39 is 0 Å². The van der Waals surface area contributed by atoms with Crippen molar-refractivity contribution in [2.45, 2.75) is 31.0 Å². The Morgan fingerprint density at radius 2 is 1.69 bits per heavy atom. The van der Waals surface area contributed by atoms with E-state index in [0.29, 0.717) is 5.82 Å². The van der Waals surface area contributed by atoms with Crippen LogP contribution < -0.4 is 0 Å². The lowest BCUT2D eigenvalue weighted by Gasteiger charge is -2.04. The van der Waals surface area contributed by atoms with E-state index in [1.165, 1.54) is 0 Å². The van der Waals surface area contributed by atoms with Crippen LogP contribution in [0, 0.1) is 0 Å². The van der Waals surface area contributed by atoms with Gasteiger partial charge in [0.15, 0.2) is 0 Å². The molecule has 148 valence electrons. The number of hydrogen-bond donors (Lipinski definition) is 1. The lowest BCUT2D eigenvalue weighted by Crippen LogP contribution is -2.03. The molecule has 1 N–H and O–H groups in total. The van der Waals surface area contributed by atoms with Gasteiger partial charge in [-0.1, -0.05) is 48.5 Å². The fraction of sp³-hybridized carbons (Fsp3) is 0.263. The van der Waals surface area contributed by atoms with Crippen molar-refractivity contribution in [3.05, 3.63) is 54.6 Å². The highest BCUT2D eigenvalue weighted by molar-refractivity contribution is 7.99. The third-order valence-corrected chi connectivity index (χ3v) is 5.26. The Kier molecular flexibility index (Phi) is 6.10. The van der Waals surface area contributed by atoms with Gasteiger partial charge in [0.05, 0.1) is 12.2 Å². The van der Waals surface area contributed by atoms with Gasteiger partial charge in [-0.25, -0.2) is 0 Å². The van der Waals surface area contributed by atoms with Gasteiger partial charge in [-0.05, 0) is 52.7 Å². The number of aryl methyl sites for hydroxylation is 1. The van der Waals surface area contributed by atoms with Gasteiger partial charge in [-0.2, -0.15) is 9.48 Å². The molecule has 2 aromatic carbocycles. The Hall–Kier alpha value is -3.27. The highest BCUT2D eigenvalue weighted by Gasteiger charge is 2.09. The average Bonchev–Trinajstić information content (AvgIpc) is 3.42. The average molecular weight is 408 g/mol. The summed E-state index contributed by atoms with van der Waals surface area (Å²) in [5.41, 5.74) is 1.79. The van der Waals surface area contributed by atoms with E-state index >= 15 is 0 Å². The van der Waals surface area contributed by atoms with E-state index in [0.717, 1.165) is 48.0 Å². The van der Waals surface area contributed by atoms with Gasteiger partial charge in [0.2, 0.25) is 11.0 Å². The first kappa shape index (κ1) is 19.1. The standard InChI is InChI=1S/C19H20N8OS/c28-17-11-9-16(10-12-17)27-19(21-23-25-27)29-14-6-2-5-13-26-22-18(20-24-26)15-7-3-1-4-8-15/h1,3-4,7-12,28H,2,5-6,13-14H2. The SMILES string of the molecule is Oc1ccc(-n2nnnc2SCCCCCn2nnc(-c3ccccc3)n2)cc1. The summed E-state index contributed by atoms with van der Waals surface area (Å²) in [6.07, 6.45) is 3.07. The van der Waals surface area contributed by atoms with Crippen molar-refractivity contribution in [3.8, 4) is 22.8 Å². The normalized spacial score (nSPS) is 11.0. The van der Waals surface area contributed by atoms with E-state index in [9.17, 15) is 5.11 Å². The molecule has 9 nitrogen and oxygen atoms in total. The van der Waals surface area contributed by atoms with E-state index in [-0.39, 0.29) is 5.75 Å². The van der Waals surface area contributed by atoms with Crippen LogP contribution in [0.1, 0.15) is 19.3 Å². The molecule has 10 heteroatoms. The third-order valence-electron chi connectivity index (χ3n) is 4.25. The van der Waals surface area contributed by atoms with Crippen LogP contribution in [0.15, 0.2) is 59.8 Å². The summed E-state index contributed by atoms with van der Waals surface area (Å²) in [4.78, 5) is 1.65. The Labute approximate surface area is 171 Å². The quantitative estimate of drug-likeness (QED) is 0.333. The van der Waals surface area contributed by atoms with Gasteiger partial charge in [0, 0.05) is 11.3 Å². The number of aromatic nitrogens is 8. The summed E-state index contributed by atoms with van der Waals surface area (Å²) < 4.78 is 1.68. The minimum absolute atomic E-state index is 0.216. The van der Waals surface area contributed by atoms with Crippen LogP contribution >= 0.6 is 11.8 Å². The predicted octanol–water partition coefficient (Wildman–Crippen LogP) is 2.98. The summed E-state index contributed by atoms with van der Waals surface area (Å²) in [5.74, 6) is 1.79. The van der Waals surface area contributed by atoms with Gasteiger partial charge < -0.3 is 5.11 Å². The number of aromatic hydroxyl groups is 1. The minimum atomic E-state index is 0.216. The zero-order valence-electron chi connectivity index (χ0n) is 15.7. The highest BCUT2D eigenvalue weighted by Crippen LogP contribution is 2.21. The molecule has 4 rings (SSSR count). The number of phenols is 1. The molecule has 0 aliphatic carbocycles. The second-order valence-electron chi connectivity index (χ2n) is 6.37. The molecular formula is C19H20N8OS. The number of thioether (sulfide) groups is 1. The first-order valence-corrected chi connectivity index (χ1v) is 10.3. The number of phenolic OH excluding ortho intramolecular Hbond substituents is 1. The molecule has 0 saturated carbocycles. The molecule has 0 aliphatic rings. The molecule has 0 atom stereocenters. The van der Waals surface area contributed by atoms with Gasteiger partial charge in [0.25, 0.3) is 0 Å². The number of rotatable bonds is 9. The second kappa shape index (κ2) is 9.28. The van der Waals surface area contributed by atoms with Crippen molar-refractivity contribution < 1.29 is 5.11 Å². The smallest absolute Gasteiger partial charge is 0.214 e. The minimum Gasteiger partial charge on any atom is -0.508 e. The third kappa shape index (κ3) is 4.96. The Balaban J connectivity index is 1.20. The van der Waals surface area contributed by atoms with Crippen LogP contribution in [0.25, 0.3) is 17.1 Å². The number of nitrogens with zero attached hydrogens (tertiary/aromatic N) is 8. The molecule has 2 heterocycles. The molecule has 0 fully saturated rings. The van der Waals surface area contributed by atoms with Crippen molar-refractivity contribution in [2.75, 3.05) is 5.75 Å². The zero-order chi connectivity index (χ0) is 19.9. The fourth-order valence-corrected chi connectivity index (χ4v) is 3.65. The van der Waals surface area contributed by atoms with Crippen LogP contribution in [0.4, 0.5) is 0 Å². The molecule has 2 aromatic heterocycles. The van der Waals surface area contributed by atoms with Gasteiger partial charge in [-0.15, -0.1) is 15.3 Å². The molecule has 0 radical (unpaired) electrons. The van der Waals surface area contributed by atoms with Crippen molar-refractivity contribution >= 4 is 11.8 Å². The Morgan fingerprint density at radius 1 is 0.862 bits per heavy atom. The number of benzene rings is 2. The van der Waals surface area contributed by atoms with Crippen molar-refractivity contribution in [1.82, 2.24) is 40.4 Å². The van der Waals surface area contributed by atoms with Crippen molar-refractivity contribution in [1.29, 1.82) is 0 Å². The van der Waals surface area contributed by atoms with E-state index in [4.69, 9.17) is 0 Å². The Morgan fingerprint density at radius 3 is 2.52 bits per heavy atom. The molecule has 0 bridgehead atoms. The molecule has 4 aromatic rings. The van der Waals surface area contributed by atoms with Crippen LogP contribution in [0.5, 0.6) is 5.75 Å². The van der Waals surface area contributed by atoms with Gasteiger partial charge in [-0.3, -0.25) is 0 Å².